The van der Waals surface area contributed by atoms with Crippen LogP contribution in [0.1, 0.15) is 12.5 Å². The first-order chi connectivity index (χ1) is 10.2. The highest BCUT2D eigenvalue weighted by Gasteiger charge is 2.00. The van der Waals surface area contributed by atoms with Gasteiger partial charge in [0.2, 0.25) is 0 Å². The summed E-state index contributed by atoms with van der Waals surface area (Å²) < 4.78 is 5.38. The molecule has 0 atom stereocenters. The molecule has 0 unspecified atom stereocenters. The zero-order valence-corrected chi connectivity index (χ0v) is 12.4. The van der Waals surface area contributed by atoms with E-state index in [0.717, 1.165) is 17.1 Å². The Morgan fingerprint density at radius 3 is 2.05 bits per heavy atom. The summed E-state index contributed by atoms with van der Waals surface area (Å²) in [6, 6.07) is 16.7. The highest BCUT2D eigenvalue weighted by Crippen LogP contribution is 2.16. The number of nitrogens with one attached hydrogen (secondary N) is 2. The molecule has 0 saturated heterocycles. The van der Waals surface area contributed by atoms with Crippen molar-refractivity contribution in [2.45, 2.75) is 6.92 Å². The van der Waals surface area contributed by atoms with E-state index in [1.54, 1.807) is 12.1 Å². The molecule has 0 amide bonds. The number of ether oxygens (including phenoxy) is 1. The van der Waals surface area contributed by atoms with E-state index in [0.29, 0.717) is 17.3 Å². The van der Waals surface area contributed by atoms with E-state index < -0.39 is 0 Å². The largest absolute Gasteiger partial charge is 0.494 e. The molecule has 0 aliphatic carbocycles. The summed E-state index contributed by atoms with van der Waals surface area (Å²) >= 11 is 5.24. The maximum absolute atomic E-state index is 8.75. The summed E-state index contributed by atoms with van der Waals surface area (Å²) in [4.78, 5) is 0. The Balaban J connectivity index is 1.93. The van der Waals surface area contributed by atoms with Crippen LogP contribution in [0.25, 0.3) is 0 Å². The second-order valence-corrected chi connectivity index (χ2v) is 4.63. The van der Waals surface area contributed by atoms with Crippen LogP contribution < -0.4 is 15.4 Å². The molecule has 0 fully saturated rings. The van der Waals surface area contributed by atoms with Gasteiger partial charge in [-0.05, 0) is 67.7 Å². The van der Waals surface area contributed by atoms with Gasteiger partial charge in [0.05, 0.1) is 18.2 Å². The first kappa shape index (κ1) is 14.8. The molecule has 0 heterocycles. The smallest absolute Gasteiger partial charge is 0.175 e. The Kier molecular flexibility index (Phi) is 5.13. The van der Waals surface area contributed by atoms with Crippen LogP contribution in [0, 0.1) is 11.3 Å². The van der Waals surface area contributed by atoms with Crippen molar-refractivity contribution in [1.29, 1.82) is 5.26 Å². The predicted octanol–water partition coefficient (Wildman–Crippen LogP) is 3.77. The summed E-state index contributed by atoms with van der Waals surface area (Å²) in [5, 5.41) is 15.4. The molecule has 0 bridgehead atoms. The fourth-order valence-electron chi connectivity index (χ4n) is 1.72. The number of nitriles is 1. The van der Waals surface area contributed by atoms with E-state index in [4.69, 9.17) is 22.2 Å². The van der Waals surface area contributed by atoms with Gasteiger partial charge in [0, 0.05) is 11.4 Å². The fraction of sp³-hybridized carbons (Fsp3) is 0.125. The van der Waals surface area contributed by atoms with Gasteiger partial charge in [0.15, 0.2) is 5.11 Å². The number of thiocarbonyl (C=S) groups is 1. The quantitative estimate of drug-likeness (QED) is 0.841. The third-order valence-electron chi connectivity index (χ3n) is 2.70. The van der Waals surface area contributed by atoms with Crippen LogP contribution in [0.2, 0.25) is 0 Å². The Labute approximate surface area is 129 Å². The molecular formula is C16H15N3OS. The minimum atomic E-state index is 0.490. The molecule has 2 aromatic rings. The third-order valence-corrected chi connectivity index (χ3v) is 2.90. The number of nitrogens with zero attached hydrogens (tertiary/aromatic N) is 1. The maximum Gasteiger partial charge on any atom is 0.175 e. The van der Waals surface area contributed by atoms with Crippen LogP contribution in [-0.4, -0.2) is 11.7 Å². The van der Waals surface area contributed by atoms with Crippen LogP contribution in [0.3, 0.4) is 0 Å². The van der Waals surface area contributed by atoms with Gasteiger partial charge in [-0.1, -0.05) is 0 Å². The van der Waals surface area contributed by atoms with Crippen LogP contribution in [0.4, 0.5) is 11.4 Å². The van der Waals surface area contributed by atoms with Gasteiger partial charge in [0.1, 0.15) is 5.75 Å². The standard InChI is InChI=1S/C16H15N3OS/c1-2-20-15-9-7-14(8-10-15)19-16(21)18-13-5-3-12(11-17)4-6-13/h3-10H,2H2,1H3,(H2,18,19,21). The molecule has 0 aromatic heterocycles. The van der Waals surface area contributed by atoms with Crippen molar-refractivity contribution in [3.05, 3.63) is 54.1 Å². The maximum atomic E-state index is 8.75. The highest BCUT2D eigenvalue weighted by molar-refractivity contribution is 7.80. The average molecular weight is 297 g/mol. The predicted molar refractivity (Wildman–Crippen MR) is 88.6 cm³/mol. The molecule has 0 aliphatic heterocycles. The van der Waals surface area contributed by atoms with E-state index in [2.05, 4.69) is 16.7 Å². The van der Waals surface area contributed by atoms with Gasteiger partial charge < -0.3 is 15.4 Å². The van der Waals surface area contributed by atoms with Gasteiger partial charge in [-0.15, -0.1) is 0 Å². The van der Waals surface area contributed by atoms with Crippen LogP contribution >= 0.6 is 12.2 Å². The molecule has 2 N–H and O–H groups in total. The van der Waals surface area contributed by atoms with E-state index in [1.807, 2.05) is 43.3 Å². The Hall–Kier alpha value is -2.58. The van der Waals surface area contributed by atoms with Crippen molar-refractivity contribution in [2.24, 2.45) is 0 Å². The zero-order valence-electron chi connectivity index (χ0n) is 11.6. The third kappa shape index (κ3) is 4.48. The summed E-state index contributed by atoms with van der Waals surface area (Å²) in [5.74, 6) is 0.828. The minimum Gasteiger partial charge on any atom is -0.494 e. The zero-order chi connectivity index (χ0) is 15.1. The molecule has 4 nitrogen and oxygen atoms in total. The molecule has 5 heteroatoms. The van der Waals surface area contributed by atoms with Crippen molar-refractivity contribution in [3.63, 3.8) is 0 Å². The van der Waals surface area contributed by atoms with Gasteiger partial charge in [-0.3, -0.25) is 0 Å². The highest BCUT2D eigenvalue weighted by atomic mass is 32.1. The first-order valence-electron chi connectivity index (χ1n) is 6.52. The Morgan fingerprint density at radius 2 is 1.57 bits per heavy atom. The first-order valence-corrected chi connectivity index (χ1v) is 6.93. The molecule has 2 rings (SSSR count). The van der Waals surface area contributed by atoms with Gasteiger partial charge >= 0.3 is 0 Å². The molecule has 0 radical (unpaired) electrons. The van der Waals surface area contributed by atoms with Crippen molar-refractivity contribution < 1.29 is 4.74 Å². The van der Waals surface area contributed by atoms with Gasteiger partial charge in [-0.2, -0.15) is 5.26 Å². The summed E-state index contributed by atoms with van der Waals surface area (Å²) in [5.41, 5.74) is 2.33. The van der Waals surface area contributed by atoms with Crippen LogP contribution in [-0.2, 0) is 0 Å². The summed E-state index contributed by atoms with van der Waals surface area (Å²) in [7, 11) is 0. The summed E-state index contributed by atoms with van der Waals surface area (Å²) in [6.07, 6.45) is 0. The SMILES string of the molecule is CCOc1ccc(NC(=S)Nc2ccc(C#N)cc2)cc1. The van der Waals surface area contributed by atoms with E-state index in [1.165, 1.54) is 0 Å². The number of hydrogen-bond donors (Lipinski definition) is 2. The Morgan fingerprint density at radius 1 is 1.05 bits per heavy atom. The lowest BCUT2D eigenvalue weighted by molar-refractivity contribution is 0.340. The minimum absolute atomic E-state index is 0.490. The molecule has 106 valence electrons. The lowest BCUT2D eigenvalue weighted by atomic mass is 10.2. The van der Waals surface area contributed by atoms with Crippen molar-refractivity contribution in [2.75, 3.05) is 17.2 Å². The lowest BCUT2D eigenvalue weighted by Gasteiger charge is -2.11. The number of rotatable bonds is 4. The second-order valence-electron chi connectivity index (χ2n) is 4.23. The molecule has 0 spiro atoms. The van der Waals surface area contributed by atoms with E-state index in [-0.39, 0.29) is 0 Å². The molecule has 2 aromatic carbocycles. The fourth-order valence-corrected chi connectivity index (χ4v) is 1.96. The van der Waals surface area contributed by atoms with Crippen LogP contribution in [0.5, 0.6) is 5.75 Å². The molecule has 0 aliphatic rings. The molecular weight excluding hydrogens is 282 g/mol. The summed E-state index contributed by atoms with van der Waals surface area (Å²) in [6.45, 7) is 2.59. The topological polar surface area (TPSA) is 57.1 Å². The van der Waals surface area contributed by atoms with Crippen molar-refractivity contribution >= 4 is 28.7 Å². The number of benzene rings is 2. The normalized spacial score (nSPS) is 9.52. The molecule has 21 heavy (non-hydrogen) atoms. The monoisotopic (exact) mass is 297 g/mol. The lowest BCUT2D eigenvalue weighted by Crippen LogP contribution is -2.18. The van der Waals surface area contributed by atoms with E-state index >= 15 is 0 Å². The van der Waals surface area contributed by atoms with E-state index in [9.17, 15) is 0 Å². The molecule has 0 saturated carbocycles. The van der Waals surface area contributed by atoms with Crippen molar-refractivity contribution in [1.82, 2.24) is 0 Å². The van der Waals surface area contributed by atoms with Crippen molar-refractivity contribution in [3.8, 4) is 11.8 Å². The van der Waals surface area contributed by atoms with Crippen LogP contribution in [0.15, 0.2) is 48.5 Å². The average Bonchev–Trinajstić information content (AvgIpc) is 2.50. The Bertz CT molecular complexity index is 645. The number of hydrogen-bond acceptors (Lipinski definition) is 3. The second kappa shape index (κ2) is 7.27. The van der Waals surface area contributed by atoms with Gasteiger partial charge in [0.25, 0.3) is 0 Å². The number of anilines is 2. The van der Waals surface area contributed by atoms with Gasteiger partial charge in [-0.25, -0.2) is 0 Å².